The summed E-state index contributed by atoms with van der Waals surface area (Å²) in [6, 6.07) is 12.5. The molecule has 0 aromatic heterocycles. The van der Waals surface area contributed by atoms with Gasteiger partial charge in [0.05, 0.1) is 17.5 Å². The third kappa shape index (κ3) is 3.33. The van der Waals surface area contributed by atoms with Gasteiger partial charge in [-0.2, -0.15) is 13.2 Å². The zero-order valence-electron chi connectivity index (χ0n) is 10.6. The fourth-order valence-corrected chi connectivity index (χ4v) is 2.42. The Bertz CT molecular complexity index is 561. The van der Waals surface area contributed by atoms with Crippen molar-refractivity contribution in [2.24, 2.45) is 0 Å². The molecule has 2 aromatic carbocycles. The van der Waals surface area contributed by atoms with Gasteiger partial charge in [-0.05, 0) is 35.4 Å². The monoisotopic (exact) mass is 344 g/mol. The van der Waals surface area contributed by atoms with Gasteiger partial charge in [0.15, 0.2) is 0 Å². The number of rotatable bonds is 3. The lowest BCUT2D eigenvalue weighted by Gasteiger charge is -2.13. The van der Waals surface area contributed by atoms with Crippen LogP contribution in [0.3, 0.4) is 0 Å². The fraction of sp³-hybridized carbons (Fsp3) is 0.200. The van der Waals surface area contributed by atoms with E-state index >= 15 is 0 Å². The number of methoxy groups -OCH3 is 1. The van der Waals surface area contributed by atoms with Gasteiger partial charge in [0.1, 0.15) is 5.75 Å². The van der Waals surface area contributed by atoms with Crippen LogP contribution < -0.4 is 4.74 Å². The van der Waals surface area contributed by atoms with E-state index in [2.05, 4.69) is 15.9 Å². The highest BCUT2D eigenvalue weighted by atomic mass is 79.9. The maximum atomic E-state index is 12.5. The van der Waals surface area contributed by atoms with Gasteiger partial charge >= 0.3 is 6.18 Å². The third-order valence-electron chi connectivity index (χ3n) is 2.94. The molecule has 0 saturated heterocycles. The van der Waals surface area contributed by atoms with Gasteiger partial charge in [0.25, 0.3) is 0 Å². The number of ether oxygens (including phenoxy) is 1. The second-order valence-electron chi connectivity index (χ2n) is 4.26. The Morgan fingerprint density at radius 2 is 1.35 bits per heavy atom. The van der Waals surface area contributed by atoms with Gasteiger partial charge in [0, 0.05) is 0 Å². The summed E-state index contributed by atoms with van der Waals surface area (Å²) in [5, 5.41) is 0. The maximum Gasteiger partial charge on any atom is 0.416 e. The van der Waals surface area contributed by atoms with Crippen LogP contribution in [0.4, 0.5) is 13.2 Å². The molecule has 5 heteroatoms. The Hall–Kier alpha value is -1.49. The first-order chi connectivity index (χ1) is 9.41. The number of hydrogen-bond donors (Lipinski definition) is 0. The van der Waals surface area contributed by atoms with E-state index in [1.54, 1.807) is 7.11 Å². The largest absolute Gasteiger partial charge is 0.497 e. The molecule has 20 heavy (non-hydrogen) atoms. The van der Waals surface area contributed by atoms with Crippen molar-refractivity contribution in [3.05, 3.63) is 65.2 Å². The fourth-order valence-electron chi connectivity index (χ4n) is 1.81. The third-order valence-corrected chi connectivity index (χ3v) is 4.00. The van der Waals surface area contributed by atoms with Crippen LogP contribution in [-0.2, 0) is 6.18 Å². The summed E-state index contributed by atoms with van der Waals surface area (Å²) in [5.41, 5.74) is 1.07. The number of hydrogen-bond acceptors (Lipinski definition) is 1. The van der Waals surface area contributed by atoms with Crippen LogP contribution in [0.25, 0.3) is 0 Å². The van der Waals surface area contributed by atoms with Crippen LogP contribution in [0.5, 0.6) is 5.75 Å². The van der Waals surface area contributed by atoms with Gasteiger partial charge in [-0.25, -0.2) is 0 Å². The van der Waals surface area contributed by atoms with Crippen molar-refractivity contribution in [3.63, 3.8) is 0 Å². The number of halogens is 4. The van der Waals surface area contributed by atoms with Crippen LogP contribution in [-0.4, -0.2) is 7.11 Å². The SMILES string of the molecule is COc1ccc(C(Br)c2ccc(C(F)(F)F)cc2)cc1. The van der Waals surface area contributed by atoms with Crippen molar-refractivity contribution >= 4 is 15.9 Å². The van der Waals surface area contributed by atoms with Gasteiger partial charge < -0.3 is 4.74 Å². The Morgan fingerprint density at radius 1 is 0.900 bits per heavy atom. The lowest BCUT2D eigenvalue weighted by Crippen LogP contribution is -2.04. The van der Waals surface area contributed by atoms with Crippen molar-refractivity contribution in [3.8, 4) is 5.75 Å². The predicted octanol–water partition coefficient (Wildman–Crippen LogP) is 5.20. The standard InChI is InChI=1S/C15H12BrF3O/c1-20-13-8-4-11(5-9-13)14(16)10-2-6-12(7-3-10)15(17,18)19/h2-9,14H,1H3. The quantitative estimate of drug-likeness (QED) is 0.695. The molecule has 1 atom stereocenters. The maximum absolute atomic E-state index is 12.5. The Balaban J connectivity index is 2.22. The number of benzene rings is 2. The average molecular weight is 345 g/mol. The first-order valence-corrected chi connectivity index (χ1v) is 6.78. The molecule has 2 rings (SSSR count). The minimum Gasteiger partial charge on any atom is -0.497 e. The van der Waals surface area contributed by atoms with Gasteiger partial charge in [-0.15, -0.1) is 0 Å². The molecule has 0 radical (unpaired) electrons. The summed E-state index contributed by atoms with van der Waals surface area (Å²) >= 11 is 3.49. The first-order valence-electron chi connectivity index (χ1n) is 5.87. The number of alkyl halides is 4. The molecule has 0 bridgehead atoms. The zero-order chi connectivity index (χ0) is 14.8. The molecule has 0 saturated carbocycles. The minimum atomic E-state index is -4.31. The van der Waals surface area contributed by atoms with Crippen molar-refractivity contribution in [2.75, 3.05) is 7.11 Å². The average Bonchev–Trinajstić information content (AvgIpc) is 2.46. The van der Waals surface area contributed by atoms with Gasteiger partial charge in [-0.3, -0.25) is 0 Å². The summed E-state index contributed by atoms with van der Waals surface area (Å²) in [6.07, 6.45) is -4.31. The lowest BCUT2D eigenvalue weighted by molar-refractivity contribution is -0.137. The van der Waals surface area contributed by atoms with E-state index < -0.39 is 11.7 Å². The zero-order valence-corrected chi connectivity index (χ0v) is 12.2. The molecule has 0 fully saturated rings. The molecule has 0 heterocycles. The first kappa shape index (κ1) is 14.9. The summed E-state index contributed by atoms with van der Waals surface area (Å²) in [7, 11) is 1.58. The topological polar surface area (TPSA) is 9.23 Å². The Kier molecular flexibility index (Phi) is 4.38. The Labute approximate surface area is 123 Å². The van der Waals surface area contributed by atoms with Crippen molar-refractivity contribution in [2.45, 2.75) is 11.0 Å². The van der Waals surface area contributed by atoms with E-state index in [1.807, 2.05) is 24.3 Å². The summed E-state index contributed by atoms with van der Waals surface area (Å²) in [4.78, 5) is -0.157. The van der Waals surface area contributed by atoms with Crippen molar-refractivity contribution in [1.82, 2.24) is 0 Å². The van der Waals surface area contributed by atoms with E-state index in [-0.39, 0.29) is 4.83 Å². The van der Waals surface area contributed by atoms with Crippen LogP contribution >= 0.6 is 15.9 Å². The molecular formula is C15H12BrF3O. The molecule has 0 aliphatic rings. The molecule has 0 aliphatic carbocycles. The summed E-state index contributed by atoms with van der Waals surface area (Å²) in [5.74, 6) is 0.737. The van der Waals surface area contributed by atoms with Gasteiger partial charge in [-0.1, -0.05) is 40.2 Å². The smallest absolute Gasteiger partial charge is 0.416 e. The van der Waals surface area contributed by atoms with E-state index in [9.17, 15) is 13.2 Å². The molecule has 2 aromatic rings. The van der Waals surface area contributed by atoms with E-state index in [0.717, 1.165) is 29.0 Å². The second-order valence-corrected chi connectivity index (χ2v) is 5.17. The Morgan fingerprint density at radius 3 is 1.75 bits per heavy atom. The second kappa shape index (κ2) is 5.87. The van der Waals surface area contributed by atoms with Crippen molar-refractivity contribution < 1.29 is 17.9 Å². The predicted molar refractivity (Wildman–Crippen MR) is 75.2 cm³/mol. The van der Waals surface area contributed by atoms with Crippen LogP contribution in [0, 0.1) is 0 Å². The molecule has 0 N–H and O–H groups in total. The summed E-state index contributed by atoms with van der Waals surface area (Å²) in [6.45, 7) is 0. The van der Waals surface area contributed by atoms with E-state index in [4.69, 9.17) is 4.74 Å². The highest BCUT2D eigenvalue weighted by molar-refractivity contribution is 9.09. The molecule has 0 amide bonds. The lowest BCUT2D eigenvalue weighted by atomic mass is 10.0. The van der Waals surface area contributed by atoms with Crippen LogP contribution in [0.15, 0.2) is 48.5 Å². The van der Waals surface area contributed by atoms with Crippen LogP contribution in [0.1, 0.15) is 21.5 Å². The summed E-state index contributed by atoms with van der Waals surface area (Å²) < 4.78 is 42.6. The molecule has 106 valence electrons. The van der Waals surface area contributed by atoms with Gasteiger partial charge in [0.2, 0.25) is 0 Å². The van der Waals surface area contributed by atoms with Crippen molar-refractivity contribution in [1.29, 1.82) is 0 Å². The molecule has 1 unspecified atom stereocenters. The minimum absolute atomic E-state index is 0.157. The molecule has 0 aliphatic heterocycles. The van der Waals surface area contributed by atoms with E-state index in [1.165, 1.54) is 12.1 Å². The highest BCUT2D eigenvalue weighted by Gasteiger charge is 2.30. The van der Waals surface area contributed by atoms with E-state index in [0.29, 0.717) is 0 Å². The molecular weight excluding hydrogens is 333 g/mol. The molecule has 1 nitrogen and oxygen atoms in total. The normalized spacial score (nSPS) is 13.1. The highest BCUT2D eigenvalue weighted by Crippen LogP contribution is 2.34. The molecule has 0 spiro atoms. The van der Waals surface area contributed by atoms with Crippen LogP contribution in [0.2, 0.25) is 0 Å².